The van der Waals surface area contributed by atoms with Crippen LogP contribution in [0, 0.1) is 0 Å². The highest BCUT2D eigenvalue weighted by atomic mass is 16.3. The van der Waals surface area contributed by atoms with Crippen LogP contribution < -0.4 is 5.32 Å². The van der Waals surface area contributed by atoms with Gasteiger partial charge in [-0.05, 0) is 46.8 Å². The first-order valence-corrected chi connectivity index (χ1v) is 6.55. The molecule has 0 spiro atoms. The van der Waals surface area contributed by atoms with Gasteiger partial charge in [0.05, 0.1) is 6.61 Å². The molecule has 0 aromatic heterocycles. The number of hydrogen-bond acceptors (Lipinski definition) is 3. The van der Waals surface area contributed by atoms with Gasteiger partial charge in [0, 0.05) is 11.6 Å². The summed E-state index contributed by atoms with van der Waals surface area (Å²) in [5.41, 5.74) is -0.144. The second-order valence-corrected chi connectivity index (χ2v) is 5.14. The van der Waals surface area contributed by atoms with Crippen molar-refractivity contribution in [1.82, 2.24) is 10.2 Å². The molecule has 2 atom stereocenters. The van der Waals surface area contributed by atoms with Gasteiger partial charge in [0.15, 0.2) is 0 Å². The van der Waals surface area contributed by atoms with E-state index in [1.165, 1.54) is 12.8 Å². The lowest BCUT2D eigenvalue weighted by Crippen LogP contribution is -2.50. The van der Waals surface area contributed by atoms with Crippen LogP contribution in [0.15, 0.2) is 0 Å². The Balaban J connectivity index is 4.12. The second-order valence-electron chi connectivity index (χ2n) is 5.14. The summed E-state index contributed by atoms with van der Waals surface area (Å²) in [6.07, 6.45) is 3.47. The largest absolute Gasteiger partial charge is 0.394 e. The summed E-state index contributed by atoms with van der Waals surface area (Å²) >= 11 is 0. The van der Waals surface area contributed by atoms with E-state index in [0.717, 1.165) is 19.5 Å². The lowest BCUT2D eigenvalue weighted by atomic mass is 9.93. The Kier molecular flexibility index (Phi) is 7.98. The molecule has 2 unspecified atom stereocenters. The van der Waals surface area contributed by atoms with E-state index in [0.29, 0.717) is 6.04 Å². The molecule has 98 valence electrons. The van der Waals surface area contributed by atoms with Gasteiger partial charge in [-0.1, -0.05) is 20.3 Å². The van der Waals surface area contributed by atoms with Crippen molar-refractivity contribution in [1.29, 1.82) is 0 Å². The number of aliphatic hydroxyl groups is 1. The summed E-state index contributed by atoms with van der Waals surface area (Å²) in [5.74, 6) is 0. The Labute approximate surface area is 101 Å². The lowest BCUT2D eigenvalue weighted by molar-refractivity contribution is 0.127. The molecule has 0 aliphatic heterocycles. The molecule has 0 aliphatic rings. The number of nitrogens with one attached hydrogen (secondary N) is 1. The van der Waals surface area contributed by atoms with Crippen molar-refractivity contribution in [2.45, 2.75) is 58.5 Å². The van der Waals surface area contributed by atoms with Crippen molar-refractivity contribution in [3.63, 3.8) is 0 Å². The first kappa shape index (κ1) is 15.9. The molecular formula is C13H30N2O. The summed E-state index contributed by atoms with van der Waals surface area (Å²) in [7, 11) is 2.17. The maximum Gasteiger partial charge on any atom is 0.0611 e. The van der Waals surface area contributed by atoms with Gasteiger partial charge in [-0.3, -0.25) is 0 Å². The third-order valence-corrected chi connectivity index (χ3v) is 3.32. The van der Waals surface area contributed by atoms with Crippen LogP contribution in [0.1, 0.15) is 47.0 Å². The Morgan fingerprint density at radius 3 is 2.44 bits per heavy atom. The molecule has 0 amide bonds. The van der Waals surface area contributed by atoms with Gasteiger partial charge in [0.25, 0.3) is 0 Å². The smallest absolute Gasteiger partial charge is 0.0611 e. The summed E-state index contributed by atoms with van der Waals surface area (Å²) in [4.78, 5) is 2.38. The van der Waals surface area contributed by atoms with Crippen molar-refractivity contribution in [2.75, 3.05) is 26.7 Å². The van der Waals surface area contributed by atoms with E-state index in [-0.39, 0.29) is 12.1 Å². The van der Waals surface area contributed by atoms with Crippen LogP contribution >= 0.6 is 0 Å². The molecule has 0 fully saturated rings. The van der Waals surface area contributed by atoms with Gasteiger partial charge in [-0.25, -0.2) is 0 Å². The minimum atomic E-state index is -0.144. The van der Waals surface area contributed by atoms with Crippen LogP contribution in [-0.2, 0) is 0 Å². The van der Waals surface area contributed by atoms with Crippen molar-refractivity contribution in [2.24, 2.45) is 0 Å². The van der Waals surface area contributed by atoms with E-state index >= 15 is 0 Å². The molecule has 0 rings (SSSR count). The Hall–Kier alpha value is -0.120. The molecule has 0 aliphatic carbocycles. The van der Waals surface area contributed by atoms with E-state index in [9.17, 15) is 5.11 Å². The van der Waals surface area contributed by atoms with Crippen LogP contribution in [0.5, 0.6) is 0 Å². The molecular weight excluding hydrogens is 200 g/mol. The van der Waals surface area contributed by atoms with E-state index in [4.69, 9.17) is 0 Å². The van der Waals surface area contributed by atoms with Gasteiger partial charge < -0.3 is 15.3 Å². The van der Waals surface area contributed by atoms with Crippen LogP contribution in [-0.4, -0.2) is 48.3 Å². The van der Waals surface area contributed by atoms with Gasteiger partial charge in [-0.15, -0.1) is 0 Å². The number of nitrogens with zero attached hydrogens (tertiary/aromatic N) is 1. The monoisotopic (exact) mass is 230 g/mol. The maximum absolute atomic E-state index is 9.44. The molecule has 3 nitrogen and oxygen atoms in total. The molecule has 16 heavy (non-hydrogen) atoms. The van der Waals surface area contributed by atoms with Crippen molar-refractivity contribution in [3.8, 4) is 0 Å². The average Bonchev–Trinajstić information content (AvgIpc) is 2.26. The highest BCUT2D eigenvalue weighted by Gasteiger charge is 2.25. The summed E-state index contributed by atoms with van der Waals surface area (Å²) in [6.45, 7) is 10.9. The fourth-order valence-electron chi connectivity index (χ4n) is 2.06. The molecule has 0 aromatic carbocycles. The van der Waals surface area contributed by atoms with Gasteiger partial charge >= 0.3 is 0 Å². The van der Waals surface area contributed by atoms with E-state index < -0.39 is 0 Å². The number of rotatable bonds is 9. The zero-order chi connectivity index (χ0) is 12.6. The second kappa shape index (κ2) is 8.04. The SMILES string of the molecule is CCCCN(C)C(C)CC(C)(CO)NCC. The molecule has 2 N–H and O–H groups in total. The number of unbranched alkanes of at least 4 members (excludes halogenated alkanes) is 1. The van der Waals surface area contributed by atoms with Crippen molar-refractivity contribution < 1.29 is 5.11 Å². The molecule has 0 bridgehead atoms. The van der Waals surface area contributed by atoms with Gasteiger partial charge in [-0.2, -0.15) is 0 Å². The Morgan fingerprint density at radius 2 is 2.00 bits per heavy atom. The van der Waals surface area contributed by atoms with Gasteiger partial charge in [0.1, 0.15) is 0 Å². The molecule has 3 heteroatoms. The highest BCUT2D eigenvalue weighted by molar-refractivity contribution is 4.86. The maximum atomic E-state index is 9.44. The number of hydrogen-bond donors (Lipinski definition) is 2. The topological polar surface area (TPSA) is 35.5 Å². The van der Waals surface area contributed by atoms with E-state index in [2.05, 4.69) is 45.0 Å². The quantitative estimate of drug-likeness (QED) is 0.634. The molecule has 0 saturated carbocycles. The zero-order valence-electron chi connectivity index (χ0n) is 11.7. The lowest BCUT2D eigenvalue weighted by Gasteiger charge is -2.35. The third-order valence-electron chi connectivity index (χ3n) is 3.32. The van der Waals surface area contributed by atoms with E-state index in [1.54, 1.807) is 0 Å². The number of aliphatic hydroxyl groups excluding tert-OH is 1. The van der Waals surface area contributed by atoms with E-state index in [1.807, 2.05) is 0 Å². The predicted molar refractivity (Wildman–Crippen MR) is 70.8 cm³/mol. The molecule has 0 saturated heterocycles. The first-order chi connectivity index (χ1) is 7.49. The minimum Gasteiger partial charge on any atom is -0.394 e. The predicted octanol–water partition coefficient (Wildman–Crippen LogP) is 1.86. The van der Waals surface area contributed by atoms with Crippen LogP contribution in [0.25, 0.3) is 0 Å². The minimum absolute atomic E-state index is 0.144. The Bertz CT molecular complexity index is 175. The van der Waals surface area contributed by atoms with Crippen LogP contribution in [0.3, 0.4) is 0 Å². The molecule has 0 aromatic rings. The normalized spacial score (nSPS) is 17.4. The van der Waals surface area contributed by atoms with Crippen molar-refractivity contribution in [3.05, 3.63) is 0 Å². The summed E-state index contributed by atoms with van der Waals surface area (Å²) < 4.78 is 0. The van der Waals surface area contributed by atoms with Crippen molar-refractivity contribution >= 4 is 0 Å². The van der Waals surface area contributed by atoms with Gasteiger partial charge in [0.2, 0.25) is 0 Å². The summed E-state index contributed by atoms with van der Waals surface area (Å²) in [5, 5.41) is 12.8. The molecule has 0 radical (unpaired) electrons. The Morgan fingerprint density at radius 1 is 1.38 bits per heavy atom. The standard InChI is InChI=1S/C13H30N2O/c1-6-8-9-15(5)12(3)10-13(4,11-16)14-7-2/h12,14,16H,6-11H2,1-5H3. The average molecular weight is 230 g/mol. The number of likely N-dealkylation sites (N-methyl/N-ethyl adjacent to an activating group) is 1. The first-order valence-electron chi connectivity index (χ1n) is 6.55. The highest BCUT2D eigenvalue weighted by Crippen LogP contribution is 2.15. The van der Waals surface area contributed by atoms with Crippen LogP contribution in [0.4, 0.5) is 0 Å². The van der Waals surface area contributed by atoms with Crippen LogP contribution in [0.2, 0.25) is 0 Å². The third kappa shape index (κ3) is 5.83. The fourth-order valence-corrected chi connectivity index (χ4v) is 2.06. The fraction of sp³-hybridized carbons (Fsp3) is 1.00. The zero-order valence-corrected chi connectivity index (χ0v) is 11.7. The summed E-state index contributed by atoms with van der Waals surface area (Å²) in [6, 6.07) is 0.503. The molecule has 0 heterocycles.